The van der Waals surface area contributed by atoms with Crippen molar-refractivity contribution in [3.8, 4) is 5.75 Å². The third-order valence-electron chi connectivity index (χ3n) is 2.38. The first kappa shape index (κ1) is 12.8. The van der Waals surface area contributed by atoms with Gasteiger partial charge >= 0.3 is 0 Å². The van der Waals surface area contributed by atoms with Gasteiger partial charge in [0, 0.05) is 23.6 Å². The minimum atomic E-state index is 0.600. The molecule has 0 unspecified atom stereocenters. The monoisotopic (exact) mass is 311 g/mol. The topological polar surface area (TPSA) is 64.9 Å². The van der Waals surface area contributed by atoms with Crippen LogP contribution >= 0.6 is 15.9 Å². The van der Waals surface area contributed by atoms with E-state index in [2.05, 4.69) is 36.8 Å². The summed E-state index contributed by atoms with van der Waals surface area (Å²) in [5, 5.41) is 14.4. The fourth-order valence-corrected chi connectivity index (χ4v) is 1.94. The molecule has 1 heterocycles. The summed E-state index contributed by atoms with van der Waals surface area (Å²) < 4.78 is 8.17. The molecule has 0 bridgehead atoms. The van der Waals surface area contributed by atoms with Gasteiger partial charge in [-0.05, 0) is 35.5 Å². The molecule has 0 radical (unpaired) electrons. The van der Waals surface area contributed by atoms with Gasteiger partial charge in [0.05, 0.1) is 6.61 Å². The molecule has 1 N–H and O–H groups in total. The van der Waals surface area contributed by atoms with Crippen LogP contribution in [-0.4, -0.2) is 26.8 Å². The Labute approximate surface area is 113 Å². The van der Waals surface area contributed by atoms with Gasteiger partial charge < -0.3 is 10.1 Å². The number of aromatic nitrogens is 4. The van der Waals surface area contributed by atoms with Gasteiger partial charge in [-0.25, -0.2) is 4.68 Å². The van der Waals surface area contributed by atoms with Gasteiger partial charge in [0.1, 0.15) is 5.75 Å². The Morgan fingerprint density at radius 3 is 2.94 bits per heavy atom. The summed E-state index contributed by atoms with van der Waals surface area (Å²) in [6.45, 7) is 3.20. The molecule has 2 rings (SSSR count). The van der Waals surface area contributed by atoms with Gasteiger partial charge in [-0.3, -0.25) is 0 Å². The molecule has 7 heteroatoms. The normalized spacial score (nSPS) is 10.4. The summed E-state index contributed by atoms with van der Waals surface area (Å²) in [6.07, 6.45) is 0. The summed E-state index contributed by atoms with van der Waals surface area (Å²) in [7, 11) is 1.78. The molecule has 2 aromatic rings. The molecular weight excluding hydrogens is 298 g/mol. The number of tetrazole rings is 1. The van der Waals surface area contributed by atoms with Crippen molar-refractivity contribution in [2.45, 2.75) is 13.5 Å². The van der Waals surface area contributed by atoms with Crippen LogP contribution in [0.1, 0.15) is 12.5 Å². The number of aryl methyl sites for hydroxylation is 1. The van der Waals surface area contributed by atoms with E-state index in [-0.39, 0.29) is 0 Å². The zero-order chi connectivity index (χ0) is 13.0. The molecular formula is C11H14BrN5O. The van der Waals surface area contributed by atoms with Crippen LogP contribution in [0.5, 0.6) is 5.75 Å². The first-order valence-corrected chi connectivity index (χ1v) is 6.37. The number of benzene rings is 1. The van der Waals surface area contributed by atoms with E-state index in [1.165, 1.54) is 0 Å². The summed E-state index contributed by atoms with van der Waals surface area (Å²) in [6, 6.07) is 5.92. The Bertz CT molecular complexity index is 528. The van der Waals surface area contributed by atoms with Crippen molar-refractivity contribution in [2.24, 2.45) is 7.05 Å². The van der Waals surface area contributed by atoms with E-state index < -0.39 is 0 Å². The molecule has 0 aliphatic rings. The summed E-state index contributed by atoms with van der Waals surface area (Å²) in [5.74, 6) is 1.49. The van der Waals surface area contributed by atoms with Crippen LogP contribution in [0.3, 0.4) is 0 Å². The molecule has 0 amide bonds. The van der Waals surface area contributed by atoms with Crippen LogP contribution in [0.15, 0.2) is 22.7 Å². The van der Waals surface area contributed by atoms with E-state index >= 15 is 0 Å². The van der Waals surface area contributed by atoms with Gasteiger partial charge in [0.25, 0.3) is 0 Å². The zero-order valence-corrected chi connectivity index (χ0v) is 11.8. The predicted molar refractivity (Wildman–Crippen MR) is 71.4 cm³/mol. The van der Waals surface area contributed by atoms with E-state index in [1.54, 1.807) is 11.7 Å². The molecule has 0 aliphatic carbocycles. The fraction of sp³-hybridized carbons (Fsp3) is 0.364. The molecule has 18 heavy (non-hydrogen) atoms. The van der Waals surface area contributed by atoms with Crippen molar-refractivity contribution in [1.29, 1.82) is 0 Å². The zero-order valence-electron chi connectivity index (χ0n) is 10.2. The van der Waals surface area contributed by atoms with Gasteiger partial charge in [-0.1, -0.05) is 21.0 Å². The van der Waals surface area contributed by atoms with Gasteiger partial charge in [0.2, 0.25) is 5.95 Å². The third-order valence-corrected chi connectivity index (χ3v) is 2.87. The van der Waals surface area contributed by atoms with E-state index in [0.29, 0.717) is 19.1 Å². The van der Waals surface area contributed by atoms with E-state index in [1.807, 2.05) is 25.1 Å². The van der Waals surface area contributed by atoms with Gasteiger partial charge in [0.15, 0.2) is 0 Å². The fourth-order valence-electron chi connectivity index (χ4n) is 1.54. The van der Waals surface area contributed by atoms with Crippen LogP contribution in [0, 0.1) is 0 Å². The van der Waals surface area contributed by atoms with Gasteiger partial charge in [-0.2, -0.15) is 0 Å². The second kappa shape index (κ2) is 5.81. The average Bonchev–Trinajstić information content (AvgIpc) is 2.75. The van der Waals surface area contributed by atoms with Crippen LogP contribution in [-0.2, 0) is 13.6 Å². The second-order valence-corrected chi connectivity index (χ2v) is 4.58. The third kappa shape index (κ3) is 2.98. The maximum Gasteiger partial charge on any atom is 0.242 e. The highest BCUT2D eigenvalue weighted by atomic mass is 79.9. The minimum Gasteiger partial charge on any atom is -0.494 e. The Morgan fingerprint density at radius 2 is 2.28 bits per heavy atom. The molecule has 0 aliphatic heterocycles. The molecule has 1 aromatic heterocycles. The number of anilines is 1. The SMILES string of the molecule is CCOc1ccc(Br)cc1CNc1nnnn1C. The summed E-state index contributed by atoms with van der Waals surface area (Å²) >= 11 is 3.45. The number of hydrogen-bond donors (Lipinski definition) is 1. The highest BCUT2D eigenvalue weighted by molar-refractivity contribution is 9.10. The number of nitrogens with one attached hydrogen (secondary N) is 1. The lowest BCUT2D eigenvalue weighted by molar-refractivity contribution is 0.337. The number of ether oxygens (including phenoxy) is 1. The first-order chi connectivity index (χ1) is 8.70. The molecule has 0 saturated carbocycles. The summed E-state index contributed by atoms with van der Waals surface area (Å²) in [4.78, 5) is 0. The van der Waals surface area contributed by atoms with Crippen molar-refractivity contribution in [3.05, 3.63) is 28.2 Å². The second-order valence-electron chi connectivity index (χ2n) is 3.66. The maximum atomic E-state index is 5.57. The number of halogens is 1. The molecule has 6 nitrogen and oxygen atoms in total. The molecule has 1 aromatic carbocycles. The van der Waals surface area contributed by atoms with Crippen molar-refractivity contribution >= 4 is 21.9 Å². The van der Waals surface area contributed by atoms with Crippen LogP contribution in [0.2, 0.25) is 0 Å². The highest BCUT2D eigenvalue weighted by Gasteiger charge is 2.06. The van der Waals surface area contributed by atoms with Crippen molar-refractivity contribution < 1.29 is 4.74 Å². The van der Waals surface area contributed by atoms with Crippen LogP contribution in [0.25, 0.3) is 0 Å². The molecule has 96 valence electrons. The van der Waals surface area contributed by atoms with Gasteiger partial charge in [-0.15, -0.1) is 0 Å². The lowest BCUT2D eigenvalue weighted by Crippen LogP contribution is -2.07. The average molecular weight is 312 g/mol. The Hall–Kier alpha value is -1.63. The quantitative estimate of drug-likeness (QED) is 0.914. The predicted octanol–water partition coefficient (Wildman–Crippen LogP) is 1.98. The molecule has 0 fully saturated rings. The lowest BCUT2D eigenvalue weighted by Gasteiger charge is -2.11. The van der Waals surface area contributed by atoms with Crippen molar-refractivity contribution in [1.82, 2.24) is 20.2 Å². The number of hydrogen-bond acceptors (Lipinski definition) is 5. The van der Waals surface area contributed by atoms with E-state index in [9.17, 15) is 0 Å². The van der Waals surface area contributed by atoms with Crippen molar-refractivity contribution in [3.63, 3.8) is 0 Å². The van der Waals surface area contributed by atoms with Crippen LogP contribution < -0.4 is 10.1 Å². The standard InChI is InChI=1S/C11H14BrN5O/c1-3-18-10-5-4-9(12)6-8(10)7-13-11-14-15-16-17(11)2/h4-6H,3,7H2,1-2H3,(H,13,14,16). The van der Waals surface area contributed by atoms with E-state index in [0.717, 1.165) is 15.8 Å². The largest absolute Gasteiger partial charge is 0.494 e. The molecule has 0 saturated heterocycles. The van der Waals surface area contributed by atoms with Crippen LogP contribution in [0.4, 0.5) is 5.95 Å². The Morgan fingerprint density at radius 1 is 1.44 bits per heavy atom. The van der Waals surface area contributed by atoms with E-state index in [4.69, 9.17) is 4.74 Å². The first-order valence-electron chi connectivity index (χ1n) is 5.58. The number of nitrogens with zero attached hydrogens (tertiary/aromatic N) is 4. The molecule has 0 atom stereocenters. The maximum absolute atomic E-state index is 5.57. The Kier molecular flexibility index (Phi) is 4.14. The lowest BCUT2D eigenvalue weighted by atomic mass is 10.2. The highest BCUT2D eigenvalue weighted by Crippen LogP contribution is 2.23. The van der Waals surface area contributed by atoms with Crippen molar-refractivity contribution in [2.75, 3.05) is 11.9 Å². The smallest absolute Gasteiger partial charge is 0.242 e. The number of rotatable bonds is 5. The summed E-state index contributed by atoms with van der Waals surface area (Å²) in [5.41, 5.74) is 1.05. The molecule has 0 spiro atoms. The Balaban J connectivity index is 2.12. The minimum absolute atomic E-state index is 0.600.